The van der Waals surface area contributed by atoms with Gasteiger partial charge in [0.05, 0.1) is 29.3 Å². The minimum atomic E-state index is -0.582. The minimum absolute atomic E-state index is 0.157. The second-order valence-electron chi connectivity index (χ2n) is 15.9. The van der Waals surface area contributed by atoms with Crippen LogP contribution in [0, 0.1) is 6.92 Å². The van der Waals surface area contributed by atoms with E-state index in [0.717, 1.165) is 95.6 Å². The number of nitrogens with one attached hydrogen (secondary N) is 2. The van der Waals surface area contributed by atoms with Gasteiger partial charge in [-0.25, -0.2) is 20.2 Å². The van der Waals surface area contributed by atoms with Crippen LogP contribution in [0.1, 0.15) is 83.3 Å². The van der Waals surface area contributed by atoms with Crippen LogP contribution in [-0.2, 0) is 16.0 Å². The fourth-order valence-corrected chi connectivity index (χ4v) is 8.88. The molecule has 14 nitrogen and oxygen atoms in total. The lowest BCUT2D eigenvalue weighted by Crippen LogP contribution is -2.35. The van der Waals surface area contributed by atoms with E-state index in [1.165, 1.54) is 36.1 Å². The number of aromatic nitrogens is 4. The summed E-state index contributed by atoms with van der Waals surface area (Å²) in [6.07, 6.45) is 18.0. The summed E-state index contributed by atoms with van der Waals surface area (Å²) in [6, 6.07) is 29.4. The van der Waals surface area contributed by atoms with Crippen molar-refractivity contribution >= 4 is 35.2 Å². The van der Waals surface area contributed by atoms with Gasteiger partial charge in [0.2, 0.25) is 0 Å². The lowest BCUT2D eigenvalue weighted by atomic mass is 9.94. The van der Waals surface area contributed by atoms with Crippen LogP contribution >= 0.6 is 0 Å². The van der Waals surface area contributed by atoms with E-state index < -0.39 is 11.8 Å². The lowest BCUT2D eigenvalue weighted by Gasteiger charge is -2.36. The fourth-order valence-electron chi connectivity index (χ4n) is 8.88. The van der Waals surface area contributed by atoms with Gasteiger partial charge in [-0.1, -0.05) is 72.2 Å². The van der Waals surface area contributed by atoms with Crippen LogP contribution in [0.15, 0.2) is 121 Å². The summed E-state index contributed by atoms with van der Waals surface area (Å²) >= 11 is 0. The Morgan fingerprint density at radius 2 is 1.39 bits per heavy atom. The van der Waals surface area contributed by atoms with Crippen LogP contribution in [0.25, 0.3) is 34.5 Å². The van der Waals surface area contributed by atoms with Crippen LogP contribution in [0.3, 0.4) is 0 Å². The summed E-state index contributed by atoms with van der Waals surface area (Å²) in [6.45, 7) is 5.28. The monoisotopic (exact) mass is 833 g/mol. The van der Waals surface area contributed by atoms with Crippen molar-refractivity contribution in [3.05, 3.63) is 155 Å². The molecule has 0 saturated carbocycles. The van der Waals surface area contributed by atoms with Gasteiger partial charge in [0.25, 0.3) is 11.8 Å². The number of benzene rings is 3. The third-order valence-corrected chi connectivity index (χ3v) is 12.2. The van der Waals surface area contributed by atoms with Crippen LogP contribution in [0.5, 0.6) is 0 Å². The predicted molar refractivity (Wildman–Crippen MR) is 237 cm³/mol. The number of piperidine rings is 1. The molecule has 62 heavy (non-hydrogen) atoms. The molecular weight excluding hydrogens is 783 g/mol. The van der Waals surface area contributed by atoms with Gasteiger partial charge in [0, 0.05) is 49.1 Å². The highest BCUT2D eigenvalue weighted by Crippen LogP contribution is 2.34. The van der Waals surface area contributed by atoms with Crippen molar-refractivity contribution in [2.24, 2.45) is 5.16 Å². The van der Waals surface area contributed by atoms with Gasteiger partial charge in [-0.15, -0.1) is 0 Å². The maximum atomic E-state index is 11.4. The van der Waals surface area contributed by atoms with Gasteiger partial charge in [0.1, 0.15) is 5.71 Å². The zero-order valence-electron chi connectivity index (χ0n) is 34.6. The molecule has 3 aromatic heterocycles. The van der Waals surface area contributed by atoms with E-state index in [1.54, 1.807) is 29.3 Å². The van der Waals surface area contributed by atoms with Crippen LogP contribution < -0.4 is 11.0 Å². The van der Waals surface area contributed by atoms with Gasteiger partial charge in [-0.3, -0.25) is 29.8 Å². The Labute approximate surface area is 360 Å². The van der Waals surface area contributed by atoms with E-state index in [4.69, 9.17) is 15.5 Å². The van der Waals surface area contributed by atoms with Crippen molar-refractivity contribution in [3.8, 4) is 16.8 Å². The molecule has 0 unspecified atom stereocenters. The number of carbonyl (C=O) groups excluding carboxylic acids is 2. The number of hydrogen-bond acceptors (Lipinski definition) is 10. The minimum Gasteiger partial charge on any atom is -0.411 e. The maximum Gasteiger partial charge on any atom is 0.267 e. The van der Waals surface area contributed by atoms with Gasteiger partial charge in [-0.2, -0.15) is 10.2 Å². The first kappa shape index (κ1) is 42.0. The first-order valence-electron chi connectivity index (χ1n) is 21.1. The average molecular weight is 834 g/mol. The Kier molecular flexibility index (Phi) is 13.1. The van der Waals surface area contributed by atoms with E-state index in [-0.39, 0.29) is 6.04 Å². The Hall–Kier alpha value is -6.71. The topological polar surface area (TPSA) is 173 Å². The molecule has 0 aliphatic carbocycles. The molecule has 0 bridgehead atoms. The molecule has 0 spiro atoms. The molecule has 6 aromatic rings. The molecule has 2 amide bonds. The molecule has 318 valence electrons. The van der Waals surface area contributed by atoms with Gasteiger partial charge < -0.3 is 5.21 Å². The highest BCUT2D eigenvalue weighted by Gasteiger charge is 2.29. The van der Waals surface area contributed by atoms with Crippen LogP contribution in [-0.4, -0.2) is 88.5 Å². The zero-order valence-corrected chi connectivity index (χ0v) is 34.6. The maximum absolute atomic E-state index is 11.4. The van der Waals surface area contributed by atoms with E-state index in [2.05, 4.69) is 80.7 Å². The van der Waals surface area contributed by atoms with E-state index in [9.17, 15) is 14.8 Å². The van der Waals surface area contributed by atoms with E-state index in [0.29, 0.717) is 18.3 Å². The summed E-state index contributed by atoms with van der Waals surface area (Å²) in [4.78, 5) is 27.7. The third kappa shape index (κ3) is 9.43. The number of pyridine rings is 1. The highest BCUT2D eigenvalue weighted by molar-refractivity contribution is 6.02. The number of fused-ring (bicyclic) bond motifs is 1. The number of rotatable bonds is 14. The van der Waals surface area contributed by atoms with Crippen molar-refractivity contribution < 1.29 is 25.2 Å². The molecule has 5 heterocycles. The SMILES string of the molecule is Cc1c(/C(CN2CCC[C@H]2c2ccc(/C=C/C(=O)NO)cc2)=N/O)cnn1-c1ccc(-c2ccn3ncc(CCN4CCCC[C@H]4c4ccc(/C=C/C(=O)NO)cc4)c3c2)cc1. The second kappa shape index (κ2) is 19.3. The molecule has 2 aliphatic heterocycles. The summed E-state index contributed by atoms with van der Waals surface area (Å²) < 4.78 is 3.83. The molecule has 2 fully saturated rings. The Morgan fingerprint density at radius 1 is 0.758 bits per heavy atom. The smallest absolute Gasteiger partial charge is 0.267 e. The number of hydroxylamine groups is 2. The van der Waals surface area contributed by atoms with Gasteiger partial charge >= 0.3 is 0 Å². The van der Waals surface area contributed by atoms with Crippen molar-refractivity contribution in [2.45, 2.75) is 57.5 Å². The molecule has 8 rings (SSSR count). The normalized spacial score (nSPS) is 17.7. The van der Waals surface area contributed by atoms with Gasteiger partial charge in [-0.05, 0) is 127 Å². The van der Waals surface area contributed by atoms with E-state index in [1.807, 2.05) is 52.8 Å². The fraction of sp³-hybridized carbons (Fsp3) is 0.271. The van der Waals surface area contributed by atoms with Crippen molar-refractivity contribution in [1.82, 2.24) is 40.2 Å². The number of nitrogens with zero attached hydrogens (tertiary/aromatic N) is 7. The Morgan fingerprint density at radius 3 is 2.03 bits per heavy atom. The first-order valence-corrected chi connectivity index (χ1v) is 21.1. The third-order valence-electron chi connectivity index (χ3n) is 12.2. The Bertz CT molecular complexity index is 2590. The number of carbonyl (C=O) groups is 2. The molecule has 0 radical (unpaired) electrons. The summed E-state index contributed by atoms with van der Waals surface area (Å²) in [5.41, 5.74) is 15.0. The number of likely N-dealkylation sites (tertiary alicyclic amines) is 2. The summed E-state index contributed by atoms with van der Waals surface area (Å²) in [5, 5.41) is 40.9. The van der Waals surface area contributed by atoms with Crippen molar-refractivity contribution in [3.63, 3.8) is 0 Å². The standard InChI is InChI=1S/C48H51N9O5/c1-33-42(43(51-60)32-55-26-4-6-45(55)38-15-9-35(10-16-38)12-22-48(59)53-62)31-50-57(33)41-19-17-36(18-20-41)39-24-28-56-46(29-39)40(30-49-56)23-27-54-25-3-2-5-44(54)37-13-7-34(8-14-37)11-21-47(58)52-61/h7-22,24,28-31,44-45,60-62H,2-6,23,25-27,32H2,1H3,(H,52,58)(H,53,59)/b21-11+,22-12+,51-43+/t44-,45-/m0/s1. The van der Waals surface area contributed by atoms with E-state index >= 15 is 0 Å². The highest BCUT2D eigenvalue weighted by atomic mass is 16.5. The Balaban J connectivity index is 0.921. The largest absolute Gasteiger partial charge is 0.411 e. The van der Waals surface area contributed by atoms with Crippen molar-refractivity contribution in [1.29, 1.82) is 0 Å². The lowest BCUT2D eigenvalue weighted by molar-refractivity contribution is -0.124. The molecular formula is C48H51N9O5. The molecule has 5 N–H and O–H groups in total. The molecule has 2 saturated heterocycles. The quantitative estimate of drug-likeness (QED) is 0.0248. The average Bonchev–Trinajstić information content (AvgIpc) is 4.07. The van der Waals surface area contributed by atoms with Gasteiger partial charge in [0.15, 0.2) is 0 Å². The molecule has 3 aromatic carbocycles. The number of oxime groups is 1. The van der Waals surface area contributed by atoms with Crippen LogP contribution in [0.4, 0.5) is 0 Å². The molecule has 2 atom stereocenters. The first-order chi connectivity index (χ1) is 30.3. The predicted octanol–water partition coefficient (Wildman–Crippen LogP) is 7.32. The molecule has 2 aliphatic rings. The van der Waals surface area contributed by atoms with Crippen LogP contribution in [0.2, 0.25) is 0 Å². The summed E-state index contributed by atoms with van der Waals surface area (Å²) in [7, 11) is 0. The van der Waals surface area contributed by atoms with Crippen molar-refractivity contribution in [2.75, 3.05) is 26.2 Å². The molecule has 14 heteroatoms. The number of hydrogen-bond donors (Lipinski definition) is 5. The number of amides is 2. The zero-order chi connectivity index (χ0) is 43.0. The second-order valence-corrected chi connectivity index (χ2v) is 15.9. The summed E-state index contributed by atoms with van der Waals surface area (Å²) in [5.74, 6) is -1.14.